The molecule has 5 nitrogen and oxygen atoms in total. The van der Waals surface area contributed by atoms with Gasteiger partial charge < -0.3 is 14.1 Å². The Morgan fingerprint density at radius 3 is 2.58 bits per heavy atom. The lowest BCUT2D eigenvalue weighted by Gasteiger charge is -2.25. The maximum atomic E-state index is 13.5. The third kappa shape index (κ3) is 4.09. The molecule has 3 aromatic rings. The standard InChI is InChI=1S/C26H29NO4/c1-3-5-9-15-27-23(18-11-10-12-19(17-18)30-16-6-4-2)22-24(28)20-13-7-8-14-21(20)31-25(22)26(27)29/h7-8,10-14,17,23H,3-6,9,15-16H2,1-2H3. The Bertz CT molecular complexity index is 1130. The number of hydrogen-bond donors (Lipinski definition) is 0. The molecule has 162 valence electrons. The first kappa shape index (κ1) is 21.2. The van der Waals surface area contributed by atoms with E-state index in [1.165, 1.54) is 0 Å². The Morgan fingerprint density at radius 1 is 0.968 bits per heavy atom. The number of ether oxygens (including phenoxy) is 1. The Hall–Kier alpha value is -3.08. The molecule has 0 N–H and O–H groups in total. The van der Waals surface area contributed by atoms with Crippen LogP contribution in [0.15, 0.2) is 57.7 Å². The van der Waals surface area contributed by atoms with Gasteiger partial charge in [-0.05, 0) is 42.7 Å². The molecule has 0 saturated carbocycles. The Kier molecular flexibility index (Phi) is 6.40. The predicted octanol–water partition coefficient (Wildman–Crippen LogP) is 5.71. The summed E-state index contributed by atoms with van der Waals surface area (Å²) >= 11 is 0. The second-order valence-corrected chi connectivity index (χ2v) is 8.05. The fourth-order valence-corrected chi connectivity index (χ4v) is 4.19. The molecule has 0 fully saturated rings. The van der Waals surface area contributed by atoms with Crippen molar-refractivity contribution in [2.75, 3.05) is 13.2 Å². The van der Waals surface area contributed by atoms with Crippen LogP contribution in [0.4, 0.5) is 0 Å². The number of fused-ring (bicyclic) bond motifs is 2. The van der Waals surface area contributed by atoms with Gasteiger partial charge >= 0.3 is 0 Å². The summed E-state index contributed by atoms with van der Waals surface area (Å²) in [5, 5.41) is 0.504. The maximum Gasteiger partial charge on any atom is 0.290 e. The monoisotopic (exact) mass is 419 g/mol. The summed E-state index contributed by atoms with van der Waals surface area (Å²) in [6.07, 6.45) is 5.00. The van der Waals surface area contributed by atoms with Gasteiger partial charge in [0, 0.05) is 6.54 Å². The van der Waals surface area contributed by atoms with Crippen LogP contribution in [-0.2, 0) is 0 Å². The average Bonchev–Trinajstić information content (AvgIpc) is 3.07. The van der Waals surface area contributed by atoms with Gasteiger partial charge in [0.15, 0.2) is 5.43 Å². The number of unbranched alkanes of at least 4 members (excludes halogenated alkanes) is 3. The lowest BCUT2D eigenvalue weighted by atomic mass is 9.98. The molecular formula is C26H29NO4. The normalized spacial score (nSPS) is 15.5. The van der Waals surface area contributed by atoms with E-state index in [0.29, 0.717) is 29.7 Å². The molecule has 2 aromatic carbocycles. The van der Waals surface area contributed by atoms with Crippen LogP contribution in [0.25, 0.3) is 11.0 Å². The molecule has 1 unspecified atom stereocenters. The van der Waals surface area contributed by atoms with E-state index in [-0.39, 0.29) is 17.1 Å². The summed E-state index contributed by atoms with van der Waals surface area (Å²) < 4.78 is 11.9. The zero-order chi connectivity index (χ0) is 21.8. The van der Waals surface area contributed by atoms with Crippen molar-refractivity contribution in [3.63, 3.8) is 0 Å². The van der Waals surface area contributed by atoms with Crippen LogP contribution < -0.4 is 10.2 Å². The molecule has 0 saturated heterocycles. The van der Waals surface area contributed by atoms with Gasteiger partial charge in [-0.15, -0.1) is 0 Å². The van der Waals surface area contributed by atoms with Crippen molar-refractivity contribution in [1.29, 1.82) is 0 Å². The van der Waals surface area contributed by atoms with Crippen molar-refractivity contribution in [2.45, 2.75) is 52.0 Å². The largest absolute Gasteiger partial charge is 0.494 e. The van der Waals surface area contributed by atoms with E-state index in [9.17, 15) is 9.59 Å². The van der Waals surface area contributed by atoms with Gasteiger partial charge in [-0.1, -0.05) is 57.4 Å². The third-order valence-electron chi connectivity index (χ3n) is 5.82. The molecule has 0 bridgehead atoms. The summed E-state index contributed by atoms with van der Waals surface area (Å²) in [5.41, 5.74) is 1.63. The van der Waals surface area contributed by atoms with E-state index in [1.807, 2.05) is 36.4 Å². The van der Waals surface area contributed by atoms with E-state index < -0.39 is 6.04 Å². The zero-order valence-electron chi connectivity index (χ0n) is 18.2. The van der Waals surface area contributed by atoms with Gasteiger partial charge in [0.25, 0.3) is 5.91 Å². The van der Waals surface area contributed by atoms with Crippen molar-refractivity contribution >= 4 is 16.9 Å². The molecule has 0 radical (unpaired) electrons. The number of benzene rings is 2. The van der Waals surface area contributed by atoms with Gasteiger partial charge in [-0.2, -0.15) is 0 Å². The average molecular weight is 420 g/mol. The second kappa shape index (κ2) is 9.38. The second-order valence-electron chi connectivity index (χ2n) is 8.05. The highest BCUT2D eigenvalue weighted by Gasteiger charge is 2.42. The predicted molar refractivity (Wildman–Crippen MR) is 122 cm³/mol. The van der Waals surface area contributed by atoms with Crippen LogP contribution in [-0.4, -0.2) is 24.0 Å². The summed E-state index contributed by atoms with van der Waals surface area (Å²) in [6, 6.07) is 14.4. The molecule has 1 atom stereocenters. The van der Waals surface area contributed by atoms with Gasteiger partial charge in [-0.25, -0.2) is 0 Å². The number of para-hydroxylation sites is 1. The van der Waals surface area contributed by atoms with Gasteiger partial charge in [0.05, 0.1) is 23.6 Å². The van der Waals surface area contributed by atoms with Crippen LogP contribution in [0.1, 0.15) is 73.7 Å². The highest BCUT2D eigenvalue weighted by molar-refractivity contribution is 5.99. The van der Waals surface area contributed by atoms with Crippen LogP contribution in [0, 0.1) is 0 Å². The molecule has 0 aliphatic carbocycles. The number of hydrogen-bond acceptors (Lipinski definition) is 4. The number of rotatable bonds is 9. The summed E-state index contributed by atoms with van der Waals surface area (Å²) in [5.74, 6) is 0.712. The molecule has 4 rings (SSSR count). The summed E-state index contributed by atoms with van der Waals surface area (Å²) in [4.78, 5) is 28.6. The lowest BCUT2D eigenvalue weighted by molar-refractivity contribution is 0.0724. The Labute approximate surface area is 182 Å². The quantitative estimate of drug-likeness (QED) is 0.417. The van der Waals surface area contributed by atoms with E-state index in [0.717, 1.165) is 43.4 Å². The topological polar surface area (TPSA) is 59.8 Å². The van der Waals surface area contributed by atoms with Crippen molar-refractivity contribution in [1.82, 2.24) is 4.90 Å². The van der Waals surface area contributed by atoms with Crippen molar-refractivity contribution < 1.29 is 13.9 Å². The van der Waals surface area contributed by atoms with Crippen molar-refractivity contribution in [2.24, 2.45) is 0 Å². The van der Waals surface area contributed by atoms with Crippen molar-refractivity contribution in [3.05, 3.63) is 75.6 Å². The SMILES string of the molecule is CCCCCN1C(=O)c2oc3ccccc3c(=O)c2C1c1cccc(OCCCC)c1. The van der Waals surface area contributed by atoms with Crippen LogP contribution in [0.5, 0.6) is 5.75 Å². The van der Waals surface area contributed by atoms with Crippen LogP contribution >= 0.6 is 0 Å². The smallest absolute Gasteiger partial charge is 0.290 e. The fraction of sp³-hybridized carbons (Fsp3) is 0.385. The minimum atomic E-state index is -0.463. The molecule has 1 aliphatic rings. The van der Waals surface area contributed by atoms with E-state index in [1.54, 1.807) is 17.0 Å². The third-order valence-corrected chi connectivity index (χ3v) is 5.82. The van der Waals surface area contributed by atoms with E-state index in [2.05, 4.69) is 13.8 Å². The zero-order valence-corrected chi connectivity index (χ0v) is 18.2. The molecule has 1 aliphatic heterocycles. The Morgan fingerprint density at radius 2 is 1.77 bits per heavy atom. The minimum Gasteiger partial charge on any atom is -0.494 e. The fourth-order valence-electron chi connectivity index (χ4n) is 4.19. The lowest BCUT2D eigenvalue weighted by Crippen LogP contribution is -2.30. The maximum absolute atomic E-state index is 13.5. The van der Waals surface area contributed by atoms with Crippen molar-refractivity contribution in [3.8, 4) is 5.75 Å². The van der Waals surface area contributed by atoms with Crippen LogP contribution in [0.3, 0.4) is 0 Å². The first-order valence-electron chi connectivity index (χ1n) is 11.2. The summed E-state index contributed by atoms with van der Waals surface area (Å²) in [6.45, 7) is 5.48. The molecule has 5 heteroatoms. The number of amides is 1. The molecule has 1 aromatic heterocycles. The summed E-state index contributed by atoms with van der Waals surface area (Å²) in [7, 11) is 0. The van der Waals surface area contributed by atoms with E-state index in [4.69, 9.17) is 9.15 Å². The van der Waals surface area contributed by atoms with Crippen LogP contribution in [0.2, 0.25) is 0 Å². The molecule has 2 heterocycles. The molecule has 31 heavy (non-hydrogen) atoms. The van der Waals surface area contributed by atoms with Gasteiger partial charge in [0.2, 0.25) is 5.76 Å². The number of nitrogens with zero attached hydrogens (tertiary/aromatic N) is 1. The first-order chi connectivity index (χ1) is 15.2. The number of carbonyl (C=O) groups excluding carboxylic acids is 1. The molecular weight excluding hydrogens is 390 g/mol. The highest BCUT2D eigenvalue weighted by Crippen LogP contribution is 2.39. The van der Waals surface area contributed by atoms with Gasteiger partial charge in [-0.3, -0.25) is 9.59 Å². The van der Waals surface area contributed by atoms with Gasteiger partial charge in [0.1, 0.15) is 11.3 Å². The highest BCUT2D eigenvalue weighted by atomic mass is 16.5. The van der Waals surface area contributed by atoms with E-state index >= 15 is 0 Å². The molecule has 1 amide bonds. The minimum absolute atomic E-state index is 0.134. The first-order valence-corrected chi connectivity index (χ1v) is 11.2. The molecule has 0 spiro atoms. The number of carbonyl (C=O) groups is 1. The Balaban J connectivity index is 1.80.